The summed E-state index contributed by atoms with van der Waals surface area (Å²) in [6, 6.07) is 15.9. The van der Waals surface area contributed by atoms with E-state index in [0.717, 1.165) is 5.56 Å². The number of carboxylic acids is 1. The maximum atomic E-state index is 12.4. The van der Waals surface area contributed by atoms with E-state index in [4.69, 9.17) is 4.74 Å². The van der Waals surface area contributed by atoms with Crippen LogP contribution in [0.5, 0.6) is 5.75 Å². The van der Waals surface area contributed by atoms with Gasteiger partial charge in [0.1, 0.15) is 5.75 Å². The number of nitrogens with one attached hydrogen (secondary N) is 1. The molecule has 0 bridgehead atoms. The molecule has 0 saturated carbocycles. The standard InChI is InChI=1S/C19H21NO4/c1-3-19(18(22)23,15-9-5-4-6-10-15)20-17(21)13-14-8-7-11-16(12-14)24-2/h4-12H,3,13H2,1-2H3,(H,20,21)(H,22,23). The van der Waals surface area contributed by atoms with Crippen molar-refractivity contribution in [2.45, 2.75) is 25.3 Å². The molecule has 0 aliphatic carbocycles. The zero-order valence-corrected chi connectivity index (χ0v) is 13.8. The predicted molar refractivity (Wildman–Crippen MR) is 90.9 cm³/mol. The van der Waals surface area contributed by atoms with Crippen LogP contribution in [0.25, 0.3) is 0 Å². The van der Waals surface area contributed by atoms with E-state index in [9.17, 15) is 14.7 Å². The van der Waals surface area contributed by atoms with Gasteiger partial charge in [-0.05, 0) is 29.7 Å². The summed E-state index contributed by atoms with van der Waals surface area (Å²) in [6.07, 6.45) is 0.329. The largest absolute Gasteiger partial charge is 0.497 e. The lowest BCUT2D eigenvalue weighted by molar-refractivity contribution is -0.148. The molecule has 2 N–H and O–H groups in total. The van der Waals surface area contributed by atoms with Crippen molar-refractivity contribution in [3.8, 4) is 5.75 Å². The van der Waals surface area contributed by atoms with E-state index in [1.807, 2.05) is 6.07 Å². The van der Waals surface area contributed by atoms with Crippen LogP contribution in [-0.4, -0.2) is 24.1 Å². The summed E-state index contributed by atoms with van der Waals surface area (Å²) in [7, 11) is 1.56. The maximum absolute atomic E-state index is 12.4. The van der Waals surface area contributed by atoms with E-state index in [2.05, 4.69) is 5.32 Å². The van der Waals surface area contributed by atoms with Gasteiger partial charge in [-0.25, -0.2) is 4.79 Å². The highest BCUT2D eigenvalue weighted by molar-refractivity contribution is 5.89. The first kappa shape index (κ1) is 17.5. The van der Waals surface area contributed by atoms with Crippen molar-refractivity contribution in [1.82, 2.24) is 5.32 Å². The molecule has 2 rings (SSSR count). The second kappa shape index (κ2) is 7.64. The highest BCUT2D eigenvalue weighted by Crippen LogP contribution is 2.26. The van der Waals surface area contributed by atoms with E-state index in [-0.39, 0.29) is 18.7 Å². The summed E-state index contributed by atoms with van der Waals surface area (Å²) in [6.45, 7) is 1.74. The third kappa shape index (κ3) is 3.74. The molecule has 0 saturated heterocycles. The maximum Gasteiger partial charge on any atom is 0.334 e. The van der Waals surface area contributed by atoms with Crippen LogP contribution in [0, 0.1) is 0 Å². The van der Waals surface area contributed by atoms with Crippen molar-refractivity contribution in [1.29, 1.82) is 0 Å². The Morgan fingerprint density at radius 3 is 2.42 bits per heavy atom. The average Bonchev–Trinajstić information content (AvgIpc) is 2.60. The molecule has 2 aromatic rings. The van der Waals surface area contributed by atoms with Crippen LogP contribution in [-0.2, 0) is 21.5 Å². The fourth-order valence-electron chi connectivity index (χ4n) is 2.67. The van der Waals surface area contributed by atoms with Gasteiger partial charge >= 0.3 is 5.97 Å². The zero-order chi connectivity index (χ0) is 17.6. The molecule has 2 aromatic carbocycles. The van der Waals surface area contributed by atoms with Gasteiger partial charge < -0.3 is 15.2 Å². The van der Waals surface area contributed by atoms with Crippen LogP contribution in [0.4, 0.5) is 0 Å². The first-order valence-corrected chi connectivity index (χ1v) is 7.74. The van der Waals surface area contributed by atoms with Crippen LogP contribution < -0.4 is 10.1 Å². The van der Waals surface area contributed by atoms with Crippen molar-refractivity contribution in [3.05, 3.63) is 65.7 Å². The highest BCUT2D eigenvalue weighted by Gasteiger charge is 2.40. The molecular weight excluding hydrogens is 306 g/mol. The van der Waals surface area contributed by atoms with Crippen molar-refractivity contribution >= 4 is 11.9 Å². The Balaban J connectivity index is 2.23. The van der Waals surface area contributed by atoms with Crippen LogP contribution in [0.1, 0.15) is 24.5 Å². The lowest BCUT2D eigenvalue weighted by Crippen LogP contribution is -2.52. The van der Waals surface area contributed by atoms with Crippen LogP contribution in [0.2, 0.25) is 0 Å². The highest BCUT2D eigenvalue weighted by atomic mass is 16.5. The molecule has 5 nitrogen and oxygen atoms in total. The quantitative estimate of drug-likeness (QED) is 0.820. The number of hydrogen-bond donors (Lipinski definition) is 2. The number of carboxylic acid groups (broad SMARTS) is 1. The zero-order valence-electron chi connectivity index (χ0n) is 13.8. The smallest absolute Gasteiger partial charge is 0.334 e. The molecule has 0 spiro atoms. The number of amides is 1. The Morgan fingerprint density at radius 1 is 1.12 bits per heavy atom. The van der Waals surface area contributed by atoms with E-state index in [1.54, 1.807) is 62.6 Å². The summed E-state index contributed by atoms with van der Waals surface area (Å²) in [5.41, 5.74) is -0.119. The Kier molecular flexibility index (Phi) is 5.58. The minimum absolute atomic E-state index is 0.0824. The average molecular weight is 327 g/mol. The molecule has 126 valence electrons. The van der Waals surface area contributed by atoms with Gasteiger partial charge in [-0.2, -0.15) is 0 Å². The Hall–Kier alpha value is -2.82. The van der Waals surface area contributed by atoms with E-state index in [1.165, 1.54) is 0 Å². The molecule has 0 aliphatic rings. The van der Waals surface area contributed by atoms with Crippen LogP contribution >= 0.6 is 0 Å². The molecule has 5 heteroatoms. The van der Waals surface area contributed by atoms with Gasteiger partial charge in [0.15, 0.2) is 5.54 Å². The molecule has 0 fully saturated rings. The van der Waals surface area contributed by atoms with Crippen molar-refractivity contribution in [3.63, 3.8) is 0 Å². The lowest BCUT2D eigenvalue weighted by Gasteiger charge is -2.30. The van der Waals surface area contributed by atoms with Gasteiger partial charge in [0.25, 0.3) is 0 Å². The van der Waals surface area contributed by atoms with Gasteiger partial charge in [-0.1, -0.05) is 49.4 Å². The molecule has 1 atom stereocenters. The second-order valence-corrected chi connectivity index (χ2v) is 5.51. The lowest BCUT2D eigenvalue weighted by atomic mass is 9.87. The first-order valence-electron chi connectivity index (χ1n) is 7.74. The fourth-order valence-corrected chi connectivity index (χ4v) is 2.67. The van der Waals surface area contributed by atoms with E-state index in [0.29, 0.717) is 11.3 Å². The number of benzene rings is 2. The number of aliphatic carboxylic acids is 1. The van der Waals surface area contributed by atoms with Gasteiger partial charge in [0.2, 0.25) is 5.91 Å². The van der Waals surface area contributed by atoms with Crippen LogP contribution in [0.3, 0.4) is 0 Å². The van der Waals surface area contributed by atoms with Crippen molar-refractivity contribution in [2.75, 3.05) is 7.11 Å². The number of methoxy groups -OCH3 is 1. The van der Waals surface area contributed by atoms with Crippen LogP contribution in [0.15, 0.2) is 54.6 Å². The Labute approximate surface area is 141 Å². The number of ether oxygens (including phenoxy) is 1. The predicted octanol–water partition coefficient (Wildman–Crippen LogP) is 2.74. The molecule has 1 amide bonds. The second-order valence-electron chi connectivity index (χ2n) is 5.51. The third-order valence-electron chi connectivity index (χ3n) is 4.01. The number of carbonyl (C=O) groups excluding carboxylic acids is 1. The Bertz CT molecular complexity index is 714. The van der Waals surface area contributed by atoms with Gasteiger partial charge in [0.05, 0.1) is 13.5 Å². The Morgan fingerprint density at radius 2 is 1.83 bits per heavy atom. The molecule has 1 unspecified atom stereocenters. The first-order chi connectivity index (χ1) is 11.5. The fraction of sp³-hybridized carbons (Fsp3) is 0.263. The summed E-state index contributed by atoms with van der Waals surface area (Å²) in [5.74, 6) is -0.769. The number of hydrogen-bond acceptors (Lipinski definition) is 3. The van der Waals surface area contributed by atoms with Gasteiger partial charge in [0, 0.05) is 0 Å². The van der Waals surface area contributed by atoms with Crippen molar-refractivity contribution < 1.29 is 19.4 Å². The van der Waals surface area contributed by atoms with E-state index >= 15 is 0 Å². The normalized spacial score (nSPS) is 12.9. The summed E-state index contributed by atoms with van der Waals surface area (Å²) >= 11 is 0. The van der Waals surface area contributed by atoms with Gasteiger partial charge in [-0.15, -0.1) is 0 Å². The number of rotatable bonds is 7. The van der Waals surface area contributed by atoms with Crippen molar-refractivity contribution in [2.24, 2.45) is 0 Å². The minimum atomic E-state index is -1.43. The topological polar surface area (TPSA) is 75.6 Å². The monoisotopic (exact) mass is 327 g/mol. The molecule has 0 aromatic heterocycles. The molecule has 0 heterocycles. The van der Waals surface area contributed by atoms with Gasteiger partial charge in [-0.3, -0.25) is 4.79 Å². The van der Waals surface area contributed by atoms with E-state index < -0.39 is 11.5 Å². The minimum Gasteiger partial charge on any atom is -0.497 e. The molecular formula is C19H21NO4. The molecule has 0 radical (unpaired) electrons. The summed E-state index contributed by atoms with van der Waals surface area (Å²) in [4.78, 5) is 24.4. The summed E-state index contributed by atoms with van der Waals surface area (Å²) < 4.78 is 5.14. The SMILES string of the molecule is CCC(NC(=O)Cc1cccc(OC)c1)(C(=O)O)c1ccccc1. The molecule has 0 aliphatic heterocycles. The number of carbonyl (C=O) groups is 2. The summed E-state index contributed by atoms with van der Waals surface area (Å²) in [5, 5.41) is 12.4. The third-order valence-corrected chi connectivity index (χ3v) is 4.01. The molecule has 24 heavy (non-hydrogen) atoms.